The monoisotopic (exact) mass is 383 g/mol. The van der Waals surface area contributed by atoms with Crippen LogP contribution in [0.3, 0.4) is 0 Å². The summed E-state index contributed by atoms with van der Waals surface area (Å²) in [6.45, 7) is 5.15. The number of nitrogens with zero attached hydrogens (tertiary/aromatic N) is 2. The first-order valence-corrected chi connectivity index (χ1v) is 10.0. The predicted octanol–water partition coefficient (Wildman–Crippen LogP) is 5.27. The standard InChI is InChI=1S/C22H26ClN3O/c1-3-4-5-10-15-24-16(2)21-25-19-13-8-6-11-17(19)22(27)26(21)20-14-9-7-12-18(20)23/h6-9,11-14,16,24H,3-5,10,15H2,1-2H3/t16-/m1/s1. The zero-order valence-corrected chi connectivity index (χ0v) is 16.7. The fourth-order valence-electron chi connectivity index (χ4n) is 3.27. The molecule has 0 saturated heterocycles. The van der Waals surface area contributed by atoms with E-state index in [0.29, 0.717) is 27.4 Å². The Morgan fingerprint density at radius 1 is 1.07 bits per heavy atom. The lowest BCUT2D eigenvalue weighted by Gasteiger charge is -2.20. The second-order valence-electron chi connectivity index (χ2n) is 6.82. The van der Waals surface area contributed by atoms with Crippen LogP contribution >= 0.6 is 11.6 Å². The Kier molecular flexibility index (Phi) is 6.64. The summed E-state index contributed by atoms with van der Waals surface area (Å²) in [5.74, 6) is 0.683. The highest BCUT2D eigenvalue weighted by Crippen LogP contribution is 2.23. The summed E-state index contributed by atoms with van der Waals surface area (Å²) in [5.41, 5.74) is 1.28. The van der Waals surface area contributed by atoms with Gasteiger partial charge in [0.15, 0.2) is 0 Å². The highest BCUT2D eigenvalue weighted by molar-refractivity contribution is 6.32. The summed E-state index contributed by atoms with van der Waals surface area (Å²) in [5, 5.41) is 4.64. The molecule has 142 valence electrons. The van der Waals surface area contributed by atoms with Gasteiger partial charge in [0.2, 0.25) is 0 Å². The largest absolute Gasteiger partial charge is 0.308 e. The Labute approximate surface area is 165 Å². The second-order valence-corrected chi connectivity index (χ2v) is 7.22. The Morgan fingerprint density at radius 2 is 1.81 bits per heavy atom. The van der Waals surface area contributed by atoms with Crippen LogP contribution in [0.15, 0.2) is 53.3 Å². The number of unbranched alkanes of at least 4 members (excludes halogenated alkanes) is 3. The van der Waals surface area contributed by atoms with Gasteiger partial charge in [-0.1, -0.05) is 62.1 Å². The van der Waals surface area contributed by atoms with Crippen LogP contribution in [0, 0.1) is 0 Å². The van der Waals surface area contributed by atoms with Crippen molar-refractivity contribution in [1.29, 1.82) is 0 Å². The number of rotatable bonds is 8. The summed E-state index contributed by atoms with van der Waals surface area (Å²) < 4.78 is 1.65. The minimum atomic E-state index is -0.0941. The molecular formula is C22H26ClN3O. The van der Waals surface area contributed by atoms with Gasteiger partial charge >= 0.3 is 0 Å². The van der Waals surface area contributed by atoms with E-state index in [1.807, 2.05) is 49.4 Å². The average Bonchev–Trinajstić information content (AvgIpc) is 2.68. The van der Waals surface area contributed by atoms with E-state index in [4.69, 9.17) is 16.6 Å². The van der Waals surface area contributed by atoms with Crippen molar-refractivity contribution in [2.24, 2.45) is 0 Å². The molecule has 0 unspecified atom stereocenters. The van der Waals surface area contributed by atoms with Crippen molar-refractivity contribution < 1.29 is 0 Å². The molecule has 1 atom stereocenters. The first-order valence-electron chi connectivity index (χ1n) is 9.63. The molecule has 2 aromatic carbocycles. The van der Waals surface area contributed by atoms with Crippen LogP contribution in [0.1, 0.15) is 51.4 Å². The van der Waals surface area contributed by atoms with E-state index in [0.717, 1.165) is 13.0 Å². The molecule has 27 heavy (non-hydrogen) atoms. The van der Waals surface area contributed by atoms with Gasteiger partial charge in [-0.2, -0.15) is 0 Å². The summed E-state index contributed by atoms with van der Waals surface area (Å²) in [4.78, 5) is 18.1. The number of para-hydroxylation sites is 2. The summed E-state index contributed by atoms with van der Waals surface area (Å²) in [6, 6.07) is 14.8. The van der Waals surface area contributed by atoms with Gasteiger partial charge in [-0.25, -0.2) is 4.98 Å². The van der Waals surface area contributed by atoms with Gasteiger partial charge in [-0.3, -0.25) is 9.36 Å². The molecule has 1 heterocycles. The molecule has 3 aromatic rings. The first kappa shape index (κ1) is 19.6. The predicted molar refractivity (Wildman–Crippen MR) is 113 cm³/mol. The number of benzene rings is 2. The molecule has 1 aromatic heterocycles. The Bertz CT molecular complexity index is 967. The lowest BCUT2D eigenvalue weighted by atomic mass is 10.2. The summed E-state index contributed by atoms with van der Waals surface area (Å²) in [7, 11) is 0. The minimum absolute atomic E-state index is 0.0693. The zero-order chi connectivity index (χ0) is 19.2. The third kappa shape index (κ3) is 4.40. The molecule has 0 radical (unpaired) electrons. The fourth-order valence-corrected chi connectivity index (χ4v) is 3.49. The van der Waals surface area contributed by atoms with Crippen molar-refractivity contribution in [2.45, 2.75) is 45.6 Å². The van der Waals surface area contributed by atoms with Crippen molar-refractivity contribution in [3.05, 3.63) is 69.7 Å². The van der Waals surface area contributed by atoms with E-state index < -0.39 is 0 Å². The van der Waals surface area contributed by atoms with E-state index in [2.05, 4.69) is 12.2 Å². The molecule has 5 heteroatoms. The molecule has 0 saturated carbocycles. The van der Waals surface area contributed by atoms with Crippen LogP contribution in [0.5, 0.6) is 0 Å². The molecule has 0 fully saturated rings. The Balaban J connectivity index is 2.03. The van der Waals surface area contributed by atoms with Crippen molar-refractivity contribution >= 4 is 22.5 Å². The maximum absolute atomic E-state index is 13.3. The number of fused-ring (bicyclic) bond motifs is 1. The number of hydrogen-bond acceptors (Lipinski definition) is 3. The lowest BCUT2D eigenvalue weighted by Crippen LogP contribution is -2.30. The highest BCUT2D eigenvalue weighted by atomic mass is 35.5. The van der Waals surface area contributed by atoms with Gasteiger partial charge in [-0.15, -0.1) is 0 Å². The minimum Gasteiger partial charge on any atom is -0.308 e. The first-order chi connectivity index (χ1) is 13.1. The summed E-state index contributed by atoms with van der Waals surface area (Å²) >= 11 is 6.41. The molecule has 0 spiro atoms. The highest BCUT2D eigenvalue weighted by Gasteiger charge is 2.18. The molecule has 0 aliphatic heterocycles. The van der Waals surface area contributed by atoms with E-state index in [9.17, 15) is 4.79 Å². The molecule has 1 N–H and O–H groups in total. The third-order valence-electron chi connectivity index (χ3n) is 4.76. The summed E-state index contributed by atoms with van der Waals surface area (Å²) in [6.07, 6.45) is 4.78. The molecule has 0 bridgehead atoms. The van der Waals surface area contributed by atoms with Crippen LogP contribution in [0.2, 0.25) is 5.02 Å². The van der Waals surface area contributed by atoms with Crippen LogP contribution in [-0.2, 0) is 0 Å². The van der Waals surface area contributed by atoms with Crippen molar-refractivity contribution in [2.75, 3.05) is 6.54 Å². The van der Waals surface area contributed by atoms with Gasteiger partial charge in [-0.05, 0) is 44.2 Å². The topological polar surface area (TPSA) is 46.9 Å². The Morgan fingerprint density at radius 3 is 2.59 bits per heavy atom. The van der Waals surface area contributed by atoms with Crippen molar-refractivity contribution in [3.63, 3.8) is 0 Å². The van der Waals surface area contributed by atoms with E-state index in [1.165, 1.54) is 19.3 Å². The van der Waals surface area contributed by atoms with Crippen LogP contribution in [0.4, 0.5) is 0 Å². The van der Waals surface area contributed by atoms with E-state index >= 15 is 0 Å². The number of nitrogens with one attached hydrogen (secondary N) is 1. The van der Waals surface area contributed by atoms with E-state index in [-0.39, 0.29) is 11.6 Å². The maximum atomic E-state index is 13.3. The van der Waals surface area contributed by atoms with Crippen molar-refractivity contribution in [1.82, 2.24) is 14.9 Å². The zero-order valence-electron chi connectivity index (χ0n) is 15.9. The van der Waals surface area contributed by atoms with Gasteiger partial charge in [0.25, 0.3) is 5.56 Å². The van der Waals surface area contributed by atoms with Gasteiger partial charge in [0.1, 0.15) is 5.82 Å². The smallest absolute Gasteiger partial charge is 0.266 e. The molecule has 0 amide bonds. The lowest BCUT2D eigenvalue weighted by molar-refractivity contribution is 0.509. The number of halogens is 1. The SMILES string of the molecule is CCCCCCN[C@H](C)c1nc2ccccc2c(=O)n1-c1ccccc1Cl. The van der Waals surface area contributed by atoms with Crippen LogP contribution in [-0.4, -0.2) is 16.1 Å². The Hall–Kier alpha value is -2.17. The number of aromatic nitrogens is 2. The molecular weight excluding hydrogens is 358 g/mol. The quantitative estimate of drug-likeness (QED) is 0.539. The molecule has 0 aliphatic rings. The molecule has 3 rings (SSSR count). The van der Waals surface area contributed by atoms with Crippen LogP contribution < -0.4 is 10.9 Å². The third-order valence-corrected chi connectivity index (χ3v) is 5.08. The molecule has 4 nitrogen and oxygen atoms in total. The van der Waals surface area contributed by atoms with E-state index in [1.54, 1.807) is 10.6 Å². The molecule has 0 aliphatic carbocycles. The van der Waals surface area contributed by atoms with Crippen molar-refractivity contribution in [3.8, 4) is 5.69 Å². The van der Waals surface area contributed by atoms with Gasteiger partial charge < -0.3 is 5.32 Å². The fraction of sp³-hybridized carbons (Fsp3) is 0.364. The van der Waals surface area contributed by atoms with Gasteiger partial charge in [0.05, 0.1) is 27.7 Å². The second kappa shape index (κ2) is 9.16. The normalized spacial score (nSPS) is 12.4. The number of hydrogen-bond donors (Lipinski definition) is 1. The maximum Gasteiger partial charge on any atom is 0.266 e. The van der Waals surface area contributed by atoms with Crippen LogP contribution in [0.25, 0.3) is 16.6 Å². The average molecular weight is 384 g/mol. The van der Waals surface area contributed by atoms with Gasteiger partial charge in [0, 0.05) is 0 Å².